The highest BCUT2D eigenvalue weighted by atomic mass is 16.1. The Kier molecular flexibility index (Phi) is 7.14. The molecule has 9 heteroatoms. The van der Waals surface area contributed by atoms with E-state index in [0.29, 0.717) is 40.1 Å². The van der Waals surface area contributed by atoms with Gasteiger partial charge in [-0.2, -0.15) is 0 Å². The van der Waals surface area contributed by atoms with Crippen molar-refractivity contribution in [3.8, 4) is 11.4 Å². The predicted molar refractivity (Wildman–Crippen MR) is 151 cm³/mol. The van der Waals surface area contributed by atoms with Crippen LogP contribution >= 0.6 is 0 Å². The molecule has 3 heterocycles. The number of imidazole rings is 1. The van der Waals surface area contributed by atoms with E-state index in [2.05, 4.69) is 56.2 Å². The van der Waals surface area contributed by atoms with E-state index in [1.165, 1.54) is 0 Å². The number of unbranched alkanes of at least 4 members (excludes halogenated alkanes) is 3. The molecule has 0 atom stereocenters. The van der Waals surface area contributed by atoms with Crippen LogP contribution in [0.15, 0.2) is 41.2 Å². The fraction of sp³-hybridized carbons (Fsp3) is 0.393. The number of piperazine rings is 1. The number of hydrogen-bond donors (Lipinski definition) is 4. The largest absolute Gasteiger partial charge is 0.397 e. The number of nitrogens with one attached hydrogen (secondary N) is 3. The molecule has 1 fully saturated rings. The molecule has 4 aromatic rings. The van der Waals surface area contributed by atoms with Crippen LogP contribution in [0.4, 0.5) is 17.1 Å². The van der Waals surface area contributed by atoms with Crippen molar-refractivity contribution in [2.45, 2.75) is 39.0 Å². The number of likely N-dealkylation sites (N-methyl/N-ethyl adjacent to an activating group) is 1. The number of carbonyl (C=O) groups is 1. The molecule has 9 nitrogen and oxygen atoms in total. The molecule has 1 aliphatic heterocycles. The third-order valence-electron chi connectivity index (χ3n) is 7.17. The summed E-state index contributed by atoms with van der Waals surface area (Å²) in [5, 5.41) is 3.62. The topological polar surface area (TPSA) is 123 Å². The van der Waals surface area contributed by atoms with Gasteiger partial charge in [-0.3, -0.25) is 9.59 Å². The Morgan fingerprint density at radius 3 is 2.62 bits per heavy atom. The van der Waals surface area contributed by atoms with Gasteiger partial charge in [-0.1, -0.05) is 26.2 Å². The number of aromatic amines is 2. The first-order chi connectivity index (χ1) is 17.9. The zero-order chi connectivity index (χ0) is 25.9. The molecule has 0 saturated carbocycles. The highest BCUT2D eigenvalue weighted by Gasteiger charge is 2.19. The van der Waals surface area contributed by atoms with Gasteiger partial charge in [0.25, 0.3) is 5.56 Å². The van der Waals surface area contributed by atoms with E-state index in [4.69, 9.17) is 5.73 Å². The maximum absolute atomic E-state index is 13.0. The molecule has 2 aromatic heterocycles. The lowest BCUT2D eigenvalue weighted by Crippen LogP contribution is -2.44. The number of hydrogen-bond acceptors (Lipinski definition) is 6. The maximum atomic E-state index is 13.0. The normalized spacial score (nSPS) is 14.5. The number of fused-ring (bicyclic) bond motifs is 2. The van der Waals surface area contributed by atoms with E-state index in [1.54, 1.807) is 12.1 Å². The predicted octanol–water partition coefficient (Wildman–Crippen LogP) is 4.31. The van der Waals surface area contributed by atoms with E-state index in [0.717, 1.165) is 68.6 Å². The number of carbonyl (C=O) groups excluding carboxylic acids is 1. The van der Waals surface area contributed by atoms with E-state index >= 15 is 0 Å². The van der Waals surface area contributed by atoms with Crippen molar-refractivity contribution in [2.24, 2.45) is 0 Å². The first-order valence-corrected chi connectivity index (χ1v) is 13.1. The number of nitrogens with zero attached hydrogens (tertiary/aromatic N) is 3. The zero-order valence-corrected chi connectivity index (χ0v) is 21.6. The maximum Gasteiger partial charge on any atom is 0.261 e. The minimum atomic E-state index is -0.309. The van der Waals surface area contributed by atoms with Crippen molar-refractivity contribution in [1.82, 2.24) is 19.9 Å². The summed E-state index contributed by atoms with van der Waals surface area (Å²) in [6.45, 7) is 6.14. The summed E-state index contributed by atoms with van der Waals surface area (Å²) < 4.78 is 0. The number of pyridine rings is 1. The summed E-state index contributed by atoms with van der Waals surface area (Å²) in [5.74, 6) is 0.406. The molecule has 194 valence electrons. The van der Waals surface area contributed by atoms with Gasteiger partial charge in [0.15, 0.2) is 0 Å². The number of anilines is 3. The Bertz CT molecular complexity index is 1480. The first-order valence-electron chi connectivity index (χ1n) is 13.1. The molecule has 5 N–H and O–H groups in total. The summed E-state index contributed by atoms with van der Waals surface area (Å²) in [7, 11) is 2.14. The van der Waals surface area contributed by atoms with Crippen molar-refractivity contribution in [3.05, 3.63) is 46.8 Å². The molecule has 5 rings (SSSR count). The summed E-state index contributed by atoms with van der Waals surface area (Å²) in [4.78, 5) is 41.0. The molecule has 1 aliphatic rings. The molecule has 37 heavy (non-hydrogen) atoms. The van der Waals surface area contributed by atoms with Gasteiger partial charge in [0.05, 0.1) is 22.2 Å². The summed E-state index contributed by atoms with van der Waals surface area (Å²) >= 11 is 0. The quantitative estimate of drug-likeness (QED) is 0.267. The molecular formula is C28H35N7O2. The van der Waals surface area contributed by atoms with Crippen molar-refractivity contribution in [2.75, 3.05) is 49.2 Å². The number of benzene rings is 2. The van der Waals surface area contributed by atoms with E-state index in [1.807, 2.05) is 12.1 Å². The Balaban J connectivity index is 1.43. The van der Waals surface area contributed by atoms with Crippen molar-refractivity contribution in [1.29, 1.82) is 0 Å². The van der Waals surface area contributed by atoms with Gasteiger partial charge in [-0.25, -0.2) is 4.98 Å². The number of nitrogens with two attached hydrogens (primary N) is 1. The van der Waals surface area contributed by atoms with Gasteiger partial charge in [-0.05, 0) is 49.9 Å². The lowest BCUT2D eigenvalue weighted by molar-refractivity contribution is -0.116. The molecule has 0 aliphatic carbocycles. The van der Waals surface area contributed by atoms with Gasteiger partial charge >= 0.3 is 0 Å². The van der Waals surface area contributed by atoms with Gasteiger partial charge < -0.3 is 30.8 Å². The van der Waals surface area contributed by atoms with Crippen molar-refractivity contribution >= 4 is 44.9 Å². The number of H-pyrrole nitrogens is 2. The summed E-state index contributed by atoms with van der Waals surface area (Å²) in [5.41, 5.74) is 10.9. The fourth-order valence-electron chi connectivity index (χ4n) is 4.94. The van der Waals surface area contributed by atoms with Crippen molar-refractivity contribution < 1.29 is 4.79 Å². The Morgan fingerprint density at radius 2 is 1.84 bits per heavy atom. The number of rotatable bonds is 8. The van der Waals surface area contributed by atoms with E-state index < -0.39 is 0 Å². The first kappa shape index (κ1) is 24.8. The third kappa shape index (κ3) is 5.32. The van der Waals surface area contributed by atoms with Gasteiger partial charge in [0.1, 0.15) is 11.4 Å². The number of amides is 1. The lowest BCUT2D eigenvalue weighted by atomic mass is 10.1. The van der Waals surface area contributed by atoms with Crippen LogP contribution in [-0.2, 0) is 4.79 Å². The van der Waals surface area contributed by atoms with Gasteiger partial charge in [0, 0.05) is 49.4 Å². The second-order valence-corrected chi connectivity index (χ2v) is 9.94. The SMILES string of the molecule is CCCCCCC(=O)Nc1ccc2[nH]c(=O)c(-c3nc4ccc(N5CCN(C)CC5)cc4[nH]3)c(N)c2c1. The van der Waals surface area contributed by atoms with Crippen LogP contribution in [0.3, 0.4) is 0 Å². The highest BCUT2D eigenvalue weighted by Crippen LogP contribution is 2.31. The molecule has 0 bridgehead atoms. The molecule has 0 spiro atoms. The average Bonchev–Trinajstić information content (AvgIpc) is 3.30. The molecule has 1 saturated heterocycles. The Morgan fingerprint density at radius 1 is 1.03 bits per heavy atom. The number of nitrogen functional groups attached to an aromatic ring is 1. The van der Waals surface area contributed by atoms with E-state index in [9.17, 15) is 9.59 Å². The molecule has 2 aromatic carbocycles. The van der Waals surface area contributed by atoms with Crippen LogP contribution in [0.1, 0.15) is 39.0 Å². The summed E-state index contributed by atoms with van der Waals surface area (Å²) in [6, 6.07) is 11.5. The smallest absolute Gasteiger partial charge is 0.261 e. The second kappa shape index (κ2) is 10.6. The van der Waals surface area contributed by atoms with Crippen LogP contribution in [0.2, 0.25) is 0 Å². The van der Waals surface area contributed by atoms with E-state index in [-0.39, 0.29) is 11.5 Å². The van der Waals surface area contributed by atoms with Gasteiger partial charge in [-0.15, -0.1) is 0 Å². The lowest BCUT2D eigenvalue weighted by Gasteiger charge is -2.34. The Labute approximate surface area is 216 Å². The standard InChI is InChI=1S/C28H35N7O2/c1-3-4-5-6-7-24(36)30-18-8-10-21-20(16-18)26(29)25(28(37)33-21)27-31-22-11-9-19(17-23(22)32-27)35-14-12-34(2)13-15-35/h8-11,16-17H,3-7,12-15H2,1-2H3,(H,30,36)(H,31,32)(H3,29,33,37). The minimum Gasteiger partial charge on any atom is -0.397 e. The highest BCUT2D eigenvalue weighted by molar-refractivity contribution is 6.01. The third-order valence-corrected chi connectivity index (χ3v) is 7.17. The Hall–Kier alpha value is -3.85. The molecule has 1 amide bonds. The van der Waals surface area contributed by atoms with Crippen LogP contribution in [0.25, 0.3) is 33.3 Å². The summed E-state index contributed by atoms with van der Waals surface area (Å²) in [6.07, 6.45) is 4.67. The number of aromatic nitrogens is 3. The molecule has 0 radical (unpaired) electrons. The molecule has 0 unspecified atom stereocenters. The van der Waals surface area contributed by atoms with Crippen LogP contribution < -0.4 is 21.5 Å². The van der Waals surface area contributed by atoms with Crippen molar-refractivity contribution in [3.63, 3.8) is 0 Å². The fourth-order valence-corrected chi connectivity index (χ4v) is 4.94. The second-order valence-electron chi connectivity index (χ2n) is 9.94. The van der Waals surface area contributed by atoms with Crippen LogP contribution in [0.5, 0.6) is 0 Å². The minimum absolute atomic E-state index is 0.0212. The van der Waals surface area contributed by atoms with Crippen LogP contribution in [0, 0.1) is 0 Å². The zero-order valence-electron chi connectivity index (χ0n) is 21.6. The van der Waals surface area contributed by atoms with Crippen LogP contribution in [-0.4, -0.2) is 59.0 Å². The van der Waals surface area contributed by atoms with Gasteiger partial charge in [0.2, 0.25) is 5.91 Å². The molecular weight excluding hydrogens is 466 g/mol. The monoisotopic (exact) mass is 501 g/mol. The average molecular weight is 502 g/mol.